The summed E-state index contributed by atoms with van der Waals surface area (Å²) in [6.45, 7) is 1.26. The van der Waals surface area contributed by atoms with Crippen LogP contribution >= 0.6 is 11.6 Å². The molecule has 0 unspecified atom stereocenters. The van der Waals surface area contributed by atoms with E-state index in [1.54, 1.807) is 18.2 Å². The van der Waals surface area contributed by atoms with E-state index in [2.05, 4.69) is 10.6 Å². The fraction of sp³-hybridized carbons (Fsp3) is 0.524. The van der Waals surface area contributed by atoms with Crippen molar-refractivity contribution in [1.82, 2.24) is 10.6 Å². The van der Waals surface area contributed by atoms with Crippen LogP contribution < -0.4 is 10.6 Å². The van der Waals surface area contributed by atoms with Gasteiger partial charge in [0.15, 0.2) is 0 Å². The van der Waals surface area contributed by atoms with Gasteiger partial charge in [-0.15, -0.1) is 0 Å². The third kappa shape index (κ3) is 6.27. The van der Waals surface area contributed by atoms with Crippen LogP contribution in [0.3, 0.4) is 0 Å². The fourth-order valence-corrected chi connectivity index (χ4v) is 3.67. The lowest BCUT2D eigenvalue weighted by molar-refractivity contribution is -0.132. The van der Waals surface area contributed by atoms with Crippen molar-refractivity contribution in [1.29, 1.82) is 0 Å². The van der Waals surface area contributed by atoms with Gasteiger partial charge in [0, 0.05) is 30.7 Å². The molecule has 0 aliphatic carbocycles. The molecule has 0 aromatic heterocycles. The average Bonchev–Trinajstić information content (AvgIpc) is 2.74. The second-order valence-corrected chi connectivity index (χ2v) is 7.68. The molecular weight excluding hydrogens is 396 g/mol. The lowest BCUT2D eigenvalue weighted by Crippen LogP contribution is -2.50. The number of aliphatic hydroxyl groups excluding tert-OH is 1. The summed E-state index contributed by atoms with van der Waals surface area (Å²) in [4.78, 5) is 24.7. The molecule has 0 radical (unpaired) electrons. The second-order valence-electron chi connectivity index (χ2n) is 7.27. The van der Waals surface area contributed by atoms with Crippen LogP contribution in [0.5, 0.6) is 0 Å². The number of ether oxygens (including phenoxy) is 2. The Kier molecular flexibility index (Phi) is 8.06. The Bertz CT molecular complexity index is 736. The predicted molar refractivity (Wildman–Crippen MR) is 108 cm³/mol. The van der Waals surface area contributed by atoms with Crippen molar-refractivity contribution in [2.45, 2.75) is 44.1 Å². The number of aliphatic hydroxyl groups is 1. The summed E-state index contributed by atoms with van der Waals surface area (Å²) in [5.41, 5.74) is 0.840. The van der Waals surface area contributed by atoms with E-state index >= 15 is 0 Å². The number of halogens is 1. The number of rotatable bonds is 7. The summed E-state index contributed by atoms with van der Waals surface area (Å²) in [6, 6.07) is 6.91. The number of benzene rings is 1. The Morgan fingerprint density at radius 3 is 2.66 bits per heavy atom. The van der Waals surface area contributed by atoms with Crippen LogP contribution in [0, 0.1) is 5.92 Å². The molecule has 2 aliphatic rings. The lowest BCUT2D eigenvalue weighted by atomic mass is 9.97. The molecule has 2 amide bonds. The van der Waals surface area contributed by atoms with E-state index in [-0.39, 0.29) is 30.8 Å². The van der Waals surface area contributed by atoms with Crippen LogP contribution in [-0.4, -0.2) is 55.0 Å². The first-order valence-electron chi connectivity index (χ1n) is 9.89. The number of amides is 2. The van der Waals surface area contributed by atoms with Gasteiger partial charge in [0.25, 0.3) is 0 Å². The van der Waals surface area contributed by atoms with Crippen LogP contribution in [-0.2, 0) is 25.6 Å². The van der Waals surface area contributed by atoms with E-state index in [1.807, 2.05) is 18.2 Å². The summed E-state index contributed by atoms with van der Waals surface area (Å²) in [7, 11) is 0. The SMILES string of the molecule is O=C(C[C@H]1C=C[C@H](NC(=O)C2CCOCC2)[C@@H](CO)O1)NCc1ccccc1Cl. The van der Waals surface area contributed by atoms with Gasteiger partial charge in [0.1, 0.15) is 6.10 Å². The van der Waals surface area contributed by atoms with E-state index in [1.165, 1.54) is 0 Å². The quantitative estimate of drug-likeness (QED) is 0.579. The minimum absolute atomic E-state index is 0.0547. The maximum absolute atomic E-state index is 12.4. The van der Waals surface area contributed by atoms with Gasteiger partial charge in [-0.2, -0.15) is 0 Å². The van der Waals surface area contributed by atoms with Crippen molar-refractivity contribution in [3.63, 3.8) is 0 Å². The van der Waals surface area contributed by atoms with E-state index in [9.17, 15) is 14.7 Å². The Morgan fingerprint density at radius 1 is 1.17 bits per heavy atom. The largest absolute Gasteiger partial charge is 0.394 e. The zero-order valence-electron chi connectivity index (χ0n) is 16.2. The van der Waals surface area contributed by atoms with Crippen molar-refractivity contribution in [3.8, 4) is 0 Å². The zero-order valence-corrected chi connectivity index (χ0v) is 16.9. The summed E-state index contributed by atoms with van der Waals surface area (Å²) < 4.78 is 11.1. The topological polar surface area (TPSA) is 96.9 Å². The smallest absolute Gasteiger partial charge is 0.223 e. The van der Waals surface area contributed by atoms with Crippen LogP contribution in [0.4, 0.5) is 0 Å². The highest BCUT2D eigenvalue weighted by Gasteiger charge is 2.31. The van der Waals surface area contributed by atoms with Crippen LogP contribution in [0.1, 0.15) is 24.8 Å². The molecule has 1 aromatic rings. The zero-order chi connectivity index (χ0) is 20.6. The van der Waals surface area contributed by atoms with Crippen molar-refractivity contribution >= 4 is 23.4 Å². The van der Waals surface area contributed by atoms with E-state index in [0.29, 0.717) is 37.6 Å². The van der Waals surface area contributed by atoms with Gasteiger partial charge < -0.3 is 25.2 Å². The molecule has 3 N–H and O–H groups in total. The third-order valence-electron chi connectivity index (χ3n) is 5.18. The molecule has 3 rings (SSSR count). The van der Waals surface area contributed by atoms with Crippen LogP contribution in [0.2, 0.25) is 5.02 Å². The van der Waals surface area contributed by atoms with Crippen LogP contribution in [0.15, 0.2) is 36.4 Å². The van der Waals surface area contributed by atoms with Gasteiger partial charge in [0.05, 0.1) is 25.2 Å². The van der Waals surface area contributed by atoms with E-state index < -0.39 is 18.2 Å². The van der Waals surface area contributed by atoms with Crippen molar-refractivity contribution in [3.05, 3.63) is 47.0 Å². The highest BCUT2D eigenvalue weighted by atomic mass is 35.5. The monoisotopic (exact) mass is 422 g/mol. The van der Waals surface area contributed by atoms with Crippen molar-refractivity contribution in [2.75, 3.05) is 19.8 Å². The minimum Gasteiger partial charge on any atom is -0.394 e. The van der Waals surface area contributed by atoms with Crippen molar-refractivity contribution < 1.29 is 24.2 Å². The number of hydrogen-bond donors (Lipinski definition) is 3. The summed E-state index contributed by atoms with van der Waals surface area (Å²) in [5, 5.41) is 16.0. The molecule has 1 aromatic carbocycles. The molecule has 0 bridgehead atoms. The Balaban J connectivity index is 1.49. The Morgan fingerprint density at radius 2 is 1.93 bits per heavy atom. The molecule has 2 aliphatic heterocycles. The Labute approximate surface area is 175 Å². The highest BCUT2D eigenvalue weighted by molar-refractivity contribution is 6.31. The molecule has 29 heavy (non-hydrogen) atoms. The fourth-order valence-electron chi connectivity index (χ4n) is 3.47. The standard InChI is InChI=1S/C21H27ClN2O5/c22-17-4-2-1-3-15(17)12-23-20(26)11-16-5-6-18(19(13-25)29-16)24-21(27)14-7-9-28-10-8-14/h1-6,14,16,18-19,25H,7-13H2,(H,23,26)(H,24,27)/t16-,18+,19-/m1/s1. The summed E-state index contributed by atoms with van der Waals surface area (Å²) >= 11 is 6.09. The maximum Gasteiger partial charge on any atom is 0.223 e. The first-order chi connectivity index (χ1) is 14.1. The number of hydrogen-bond acceptors (Lipinski definition) is 5. The molecule has 1 saturated heterocycles. The molecule has 0 spiro atoms. The molecular formula is C21H27ClN2O5. The molecule has 1 fully saturated rings. The number of carbonyl (C=O) groups is 2. The number of nitrogens with one attached hydrogen (secondary N) is 2. The molecule has 8 heteroatoms. The molecule has 0 saturated carbocycles. The predicted octanol–water partition coefficient (Wildman–Crippen LogP) is 1.57. The molecule has 158 valence electrons. The van der Waals surface area contributed by atoms with Gasteiger partial charge in [-0.1, -0.05) is 42.0 Å². The first kappa shape index (κ1) is 21.8. The average molecular weight is 423 g/mol. The van der Waals surface area contributed by atoms with Crippen LogP contribution in [0.25, 0.3) is 0 Å². The molecule has 3 atom stereocenters. The molecule has 7 nitrogen and oxygen atoms in total. The van der Waals surface area contributed by atoms with E-state index in [4.69, 9.17) is 21.1 Å². The lowest BCUT2D eigenvalue weighted by Gasteiger charge is -2.33. The van der Waals surface area contributed by atoms with Gasteiger partial charge in [-0.3, -0.25) is 9.59 Å². The Hall–Kier alpha value is -1.93. The van der Waals surface area contributed by atoms with Crippen molar-refractivity contribution in [2.24, 2.45) is 5.92 Å². The number of carbonyl (C=O) groups excluding carboxylic acids is 2. The highest BCUT2D eigenvalue weighted by Crippen LogP contribution is 2.19. The van der Waals surface area contributed by atoms with Gasteiger partial charge in [-0.05, 0) is 24.5 Å². The minimum atomic E-state index is -0.592. The van der Waals surface area contributed by atoms with Gasteiger partial charge >= 0.3 is 0 Å². The maximum atomic E-state index is 12.4. The summed E-state index contributed by atoms with van der Waals surface area (Å²) in [6.07, 6.45) is 4.02. The molecule has 2 heterocycles. The van der Waals surface area contributed by atoms with Gasteiger partial charge in [-0.25, -0.2) is 0 Å². The van der Waals surface area contributed by atoms with E-state index in [0.717, 1.165) is 5.56 Å². The third-order valence-corrected chi connectivity index (χ3v) is 5.55. The second kappa shape index (κ2) is 10.7. The first-order valence-corrected chi connectivity index (χ1v) is 10.3. The normalized spacial score (nSPS) is 24.8. The van der Waals surface area contributed by atoms with Gasteiger partial charge in [0.2, 0.25) is 11.8 Å². The summed E-state index contributed by atoms with van der Waals surface area (Å²) in [5.74, 6) is -0.313.